The molecular formula is C11H14F2N2O4. The summed E-state index contributed by atoms with van der Waals surface area (Å²) in [5.74, 6) is -3.24. The summed E-state index contributed by atoms with van der Waals surface area (Å²) in [5.41, 5.74) is 0.265. The van der Waals surface area contributed by atoms with Gasteiger partial charge in [-0.05, 0) is 17.7 Å². The topological polar surface area (TPSA) is 95.6 Å². The maximum atomic E-state index is 12.7. The van der Waals surface area contributed by atoms with E-state index >= 15 is 0 Å². The molecule has 0 saturated heterocycles. The minimum Gasteiger partial charge on any atom is -0.390 e. The molecule has 3 N–H and O–H groups in total. The third kappa shape index (κ3) is 4.86. The lowest BCUT2D eigenvalue weighted by atomic mass is 10.1. The molecular weight excluding hydrogens is 262 g/mol. The minimum absolute atomic E-state index is 0.115. The van der Waals surface area contributed by atoms with Crippen molar-refractivity contribution in [3.63, 3.8) is 0 Å². The van der Waals surface area contributed by atoms with E-state index in [-0.39, 0.29) is 12.2 Å². The summed E-state index contributed by atoms with van der Waals surface area (Å²) >= 11 is 0. The molecule has 0 bridgehead atoms. The van der Waals surface area contributed by atoms with Gasteiger partial charge in [-0.2, -0.15) is 0 Å². The summed E-state index contributed by atoms with van der Waals surface area (Å²) in [6.07, 6.45) is -1.06. The highest BCUT2D eigenvalue weighted by molar-refractivity contribution is 5.33. The van der Waals surface area contributed by atoms with Crippen molar-refractivity contribution in [2.45, 2.75) is 12.0 Å². The predicted octanol–water partition coefficient (Wildman–Crippen LogP) is 0.845. The molecule has 0 aliphatic rings. The Morgan fingerprint density at radius 2 is 1.95 bits per heavy atom. The second-order valence-electron chi connectivity index (χ2n) is 4.01. The number of nitro groups is 1. The van der Waals surface area contributed by atoms with Gasteiger partial charge in [0.1, 0.15) is 6.61 Å². The molecule has 0 aromatic heterocycles. The average Bonchev–Trinajstić information content (AvgIpc) is 2.38. The summed E-state index contributed by atoms with van der Waals surface area (Å²) in [4.78, 5) is 9.85. The fourth-order valence-electron chi connectivity index (χ4n) is 1.38. The number of nitrogens with zero attached hydrogens (tertiary/aromatic N) is 1. The van der Waals surface area contributed by atoms with Gasteiger partial charge in [-0.15, -0.1) is 0 Å². The van der Waals surface area contributed by atoms with Crippen molar-refractivity contribution in [3.05, 3.63) is 39.9 Å². The van der Waals surface area contributed by atoms with Crippen LogP contribution in [0.5, 0.6) is 0 Å². The van der Waals surface area contributed by atoms with Gasteiger partial charge in [-0.3, -0.25) is 10.1 Å². The number of benzene rings is 1. The van der Waals surface area contributed by atoms with E-state index in [1.165, 1.54) is 24.3 Å². The van der Waals surface area contributed by atoms with Gasteiger partial charge in [0.15, 0.2) is 0 Å². The molecule has 0 fully saturated rings. The Balaban J connectivity index is 2.49. The molecule has 1 atom stereocenters. The molecule has 1 rings (SSSR count). The Hall–Kier alpha value is -1.64. The van der Waals surface area contributed by atoms with E-state index in [0.29, 0.717) is 5.56 Å². The van der Waals surface area contributed by atoms with Crippen LogP contribution in [0.2, 0.25) is 0 Å². The Morgan fingerprint density at radius 1 is 1.37 bits per heavy atom. The third-order valence-electron chi connectivity index (χ3n) is 2.44. The predicted molar refractivity (Wildman–Crippen MR) is 63.0 cm³/mol. The molecule has 0 aliphatic carbocycles. The first-order valence-electron chi connectivity index (χ1n) is 5.47. The SMILES string of the molecule is O=[N+]([O-])c1ccc(C(O)CNCC(F)(F)CO)cc1. The maximum absolute atomic E-state index is 12.7. The van der Waals surface area contributed by atoms with Crippen LogP contribution in [0.3, 0.4) is 0 Å². The van der Waals surface area contributed by atoms with Crippen LogP contribution in [0.1, 0.15) is 11.7 Å². The molecule has 8 heteroatoms. The highest BCUT2D eigenvalue weighted by Gasteiger charge is 2.27. The summed E-state index contributed by atoms with van der Waals surface area (Å²) in [5, 5.41) is 30.8. The van der Waals surface area contributed by atoms with Crippen LogP contribution in [-0.2, 0) is 0 Å². The number of nitrogens with one attached hydrogen (secondary N) is 1. The minimum atomic E-state index is -3.24. The number of nitro benzene ring substituents is 1. The van der Waals surface area contributed by atoms with Gasteiger partial charge >= 0.3 is 0 Å². The van der Waals surface area contributed by atoms with Crippen LogP contribution in [0.25, 0.3) is 0 Å². The van der Waals surface area contributed by atoms with Crippen LogP contribution < -0.4 is 5.32 Å². The second-order valence-corrected chi connectivity index (χ2v) is 4.01. The van der Waals surface area contributed by atoms with Gasteiger partial charge in [0, 0.05) is 18.7 Å². The fraction of sp³-hybridized carbons (Fsp3) is 0.455. The number of non-ortho nitro benzene ring substituents is 1. The van der Waals surface area contributed by atoms with E-state index in [1.807, 2.05) is 0 Å². The molecule has 0 aliphatic heterocycles. The van der Waals surface area contributed by atoms with Gasteiger partial charge in [-0.25, -0.2) is 8.78 Å². The molecule has 0 radical (unpaired) electrons. The number of aliphatic hydroxyl groups excluding tert-OH is 2. The number of alkyl halides is 2. The molecule has 0 spiro atoms. The van der Waals surface area contributed by atoms with E-state index < -0.39 is 30.1 Å². The van der Waals surface area contributed by atoms with Gasteiger partial charge in [0.25, 0.3) is 11.6 Å². The first-order valence-corrected chi connectivity index (χ1v) is 5.47. The molecule has 106 valence electrons. The Labute approximate surface area is 107 Å². The third-order valence-corrected chi connectivity index (χ3v) is 2.44. The first-order chi connectivity index (χ1) is 8.85. The van der Waals surface area contributed by atoms with Gasteiger partial charge in [-0.1, -0.05) is 0 Å². The zero-order valence-electron chi connectivity index (χ0n) is 9.92. The maximum Gasteiger partial charge on any atom is 0.282 e. The smallest absolute Gasteiger partial charge is 0.282 e. The average molecular weight is 276 g/mol. The zero-order chi connectivity index (χ0) is 14.5. The summed E-state index contributed by atoms with van der Waals surface area (Å²) < 4.78 is 25.4. The van der Waals surface area contributed by atoms with E-state index in [2.05, 4.69) is 5.32 Å². The molecule has 0 amide bonds. The fourth-order valence-corrected chi connectivity index (χ4v) is 1.38. The Morgan fingerprint density at radius 3 is 2.42 bits per heavy atom. The van der Waals surface area contributed by atoms with Gasteiger partial charge in [0.2, 0.25) is 0 Å². The van der Waals surface area contributed by atoms with Crippen molar-refractivity contribution >= 4 is 5.69 Å². The second kappa shape index (κ2) is 6.50. The van der Waals surface area contributed by atoms with Crippen LogP contribution in [0, 0.1) is 10.1 Å². The van der Waals surface area contributed by atoms with Crippen molar-refractivity contribution in [1.29, 1.82) is 0 Å². The van der Waals surface area contributed by atoms with E-state index in [9.17, 15) is 24.0 Å². The molecule has 1 aromatic rings. The molecule has 1 aromatic carbocycles. The lowest BCUT2D eigenvalue weighted by Crippen LogP contribution is -2.37. The van der Waals surface area contributed by atoms with Gasteiger partial charge < -0.3 is 15.5 Å². The lowest BCUT2D eigenvalue weighted by molar-refractivity contribution is -0.384. The summed E-state index contributed by atoms with van der Waals surface area (Å²) in [6, 6.07) is 5.16. The number of halogens is 2. The van der Waals surface area contributed by atoms with Crippen molar-refractivity contribution in [2.24, 2.45) is 0 Å². The molecule has 1 unspecified atom stereocenters. The molecule has 19 heavy (non-hydrogen) atoms. The van der Waals surface area contributed by atoms with Crippen molar-refractivity contribution in [2.75, 3.05) is 19.7 Å². The van der Waals surface area contributed by atoms with Crippen molar-refractivity contribution < 1.29 is 23.9 Å². The summed E-state index contributed by atoms with van der Waals surface area (Å²) in [7, 11) is 0. The zero-order valence-corrected chi connectivity index (χ0v) is 9.92. The number of rotatable bonds is 7. The number of aliphatic hydroxyl groups is 2. The lowest BCUT2D eigenvalue weighted by Gasteiger charge is -2.16. The van der Waals surface area contributed by atoms with Gasteiger partial charge in [0.05, 0.1) is 17.6 Å². The molecule has 0 saturated carbocycles. The van der Waals surface area contributed by atoms with Crippen LogP contribution in [-0.4, -0.2) is 40.8 Å². The first kappa shape index (κ1) is 15.4. The number of hydrogen-bond donors (Lipinski definition) is 3. The van der Waals surface area contributed by atoms with Crippen LogP contribution >= 0.6 is 0 Å². The highest BCUT2D eigenvalue weighted by Crippen LogP contribution is 2.17. The van der Waals surface area contributed by atoms with Crippen molar-refractivity contribution in [1.82, 2.24) is 5.32 Å². The van der Waals surface area contributed by atoms with Crippen LogP contribution in [0.15, 0.2) is 24.3 Å². The van der Waals surface area contributed by atoms with E-state index in [0.717, 1.165) is 0 Å². The summed E-state index contributed by atoms with van der Waals surface area (Å²) in [6.45, 7) is -2.17. The molecule has 0 heterocycles. The highest BCUT2D eigenvalue weighted by atomic mass is 19.3. The normalized spacial score (nSPS) is 13.3. The monoisotopic (exact) mass is 276 g/mol. The van der Waals surface area contributed by atoms with E-state index in [4.69, 9.17) is 5.11 Å². The Bertz CT molecular complexity index is 425. The van der Waals surface area contributed by atoms with Crippen molar-refractivity contribution in [3.8, 4) is 0 Å². The quantitative estimate of drug-likeness (QED) is 0.507. The van der Waals surface area contributed by atoms with E-state index in [1.54, 1.807) is 0 Å². The standard InChI is InChI=1S/C11H14F2N2O4/c12-11(13,7-16)6-14-5-10(17)8-1-3-9(4-2-8)15(18)19/h1-4,10,14,16-17H,5-7H2. The van der Waals surface area contributed by atoms with Crippen LogP contribution in [0.4, 0.5) is 14.5 Å². The largest absolute Gasteiger partial charge is 0.390 e. The molecule has 6 nitrogen and oxygen atoms in total. The Kier molecular flexibility index (Phi) is 5.28. The number of hydrogen-bond acceptors (Lipinski definition) is 5.